The molecule has 2 N–H and O–H groups in total. The van der Waals surface area contributed by atoms with Crippen LogP contribution in [-0.2, 0) is 9.59 Å². The van der Waals surface area contributed by atoms with Crippen LogP contribution in [0.5, 0.6) is 0 Å². The molecular formula is C22H29F6N3O5S. The number of rotatable bonds is 3. The third kappa shape index (κ3) is 9.14. The first kappa shape index (κ1) is 30.8. The average Bonchev–Trinajstić information content (AvgIpc) is 3.56. The molecule has 3 saturated heterocycles. The van der Waals surface area contributed by atoms with Crippen molar-refractivity contribution in [3.63, 3.8) is 0 Å². The number of piperidine rings is 1. The van der Waals surface area contributed by atoms with Crippen LogP contribution < -0.4 is 0 Å². The second kappa shape index (κ2) is 12.9. The van der Waals surface area contributed by atoms with Crippen LogP contribution >= 0.6 is 11.3 Å². The molecule has 37 heavy (non-hydrogen) atoms. The predicted molar refractivity (Wildman–Crippen MR) is 121 cm³/mol. The molecule has 3 atom stereocenters. The van der Waals surface area contributed by atoms with Crippen molar-refractivity contribution in [2.75, 3.05) is 39.8 Å². The van der Waals surface area contributed by atoms with Gasteiger partial charge < -0.3 is 20.0 Å². The van der Waals surface area contributed by atoms with E-state index in [0.29, 0.717) is 18.0 Å². The van der Waals surface area contributed by atoms with Crippen molar-refractivity contribution in [3.05, 3.63) is 22.4 Å². The van der Waals surface area contributed by atoms with E-state index in [1.807, 2.05) is 16.8 Å². The van der Waals surface area contributed by atoms with E-state index in [1.165, 1.54) is 38.9 Å². The van der Waals surface area contributed by atoms with Gasteiger partial charge in [-0.15, -0.1) is 0 Å². The summed E-state index contributed by atoms with van der Waals surface area (Å²) in [6.07, 6.45) is -5.04. The number of amides is 1. The molecule has 3 fully saturated rings. The minimum absolute atomic E-state index is 0.232. The number of carboxylic acid groups (broad SMARTS) is 2. The highest BCUT2D eigenvalue weighted by molar-refractivity contribution is 7.08. The fraction of sp³-hybridized carbons (Fsp3) is 0.682. The number of thiophene rings is 1. The molecule has 0 aliphatic carbocycles. The van der Waals surface area contributed by atoms with Crippen molar-refractivity contribution in [3.8, 4) is 0 Å². The summed E-state index contributed by atoms with van der Waals surface area (Å²) in [5.41, 5.74) is 0.869. The second-order valence-electron chi connectivity index (χ2n) is 9.05. The molecule has 1 aromatic rings. The summed E-state index contributed by atoms with van der Waals surface area (Å²) in [4.78, 5) is 37.7. The Bertz CT molecular complexity index is 882. The van der Waals surface area contributed by atoms with Gasteiger partial charge in [-0.25, -0.2) is 9.59 Å². The van der Waals surface area contributed by atoms with E-state index in [2.05, 4.69) is 21.7 Å². The Morgan fingerprint density at radius 3 is 2.00 bits per heavy atom. The molecule has 0 aromatic carbocycles. The summed E-state index contributed by atoms with van der Waals surface area (Å²) in [5, 5.41) is 18.2. The number of likely N-dealkylation sites (tertiary alicyclic amines) is 3. The molecule has 0 unspecified atom stereocenters. The van der Waals surface area contributed by atoms with Crippen LogP contribution in [0.3, 0.4) is 0 Å². The van der Waals surface area contributed by atoms with E-state index >= 15 is 0 Å². The lowest BCUT2D eigenvalue weighted by Crippen LogP contribution is -2.48. The van der Waals surface area contributed by atoms with Crippen LogP contribution in [0.4, 0.5) is 26.3 Å². The molecule has 4 heterocycles. The van der Waals surface area contributed by atoms with Crippen molar-refractivity contribution in [2.45, 2.75) is 50.1 Å². The van der Waals surface area contributed by atoms with Gasteiger partial charge in [0.05, 0.1) is 5.56 Å². The van der Waals surface area contributed by atoms with Crippen LogP contribution in [0.15, 0.2) is 16.8 Å². The van der Waals surface area contributed by atoms with Crippen molar-refractivity contribution in [2.24, 2.45) is 5.92 Å². The summed E-state index contributed by atoms with van der Waals surface area (Å²) >= 11 is 1.61. The van der Waals surface area contributed by atoms with E-state index in [9.17, 15) is 31.1 Å². The zero-order chi connectivity index (χ0) is 28.0. The molecule has 0 bridgehead atoms. The molecule has 0 radical (unpaired) electrons. The minimum Gasteiger partial charge on any atom is -0.475 e. The van der Waals surface area contributed by atoms with Gasteiger partial charge in [0.2, 0.25) is 0 Å². The molecule has 0 saturated carbocycles. The molecule has 1 aromatic heterocycles. The summed E-state index contributed by atoms with van der Waals surface area (Å²) < 4.78 is 63.5. The number of halogens is 6. The smallest absolute Gasteiger partial charge is 0.475 e. The van der Waals surface area contributed by atoms with Crippen LogP contribution in [0.1, 0.15) is 36.0 Å². The summed E-state index contributed by atoms with van der Waals surface area (Å²) in [6, 6.07) is 3.31. The van der Waals surface area contributed by atoms with Gasteiger partial charge in [-0.1, -0.05) is 0 Å². The average molecular weight is 562 g/mol. The number of alkyl halides is 6. The number of carbonyl (C=O) groups is 3. The SMILES string of the molecule is CN1[C@H](CN2CCCC2)C[C@@H]2CN(C(=O)c3ccsc3)CC[C@@H]21.O=C(O)C(F)(F)F.O=C(O)C(F)(F)F. The van der Waals surface area contributed by atoms with Gasteiger partial charge in [-0.05, 0) is 63.2 Å². The van der Waals surface area contributed by atoms with Crippen molar-refractivity contribution in [1.29, 1.82) is 0 Å². The van der Waals surface area contributed by atoms with Crippen LogP contribution in [0, 0.1) is 5.92 Å². The molecule has 3 aliphatic heterocycles. The highest BCUT2D eigenvalue weighted by Crippen LogP contribution is 2.35. The Labute approximate surface area is 213 Å². The molecule has 1 amide bonds. The fourth-order valence-electron chi connectivity index (χ4n) is 4.79. The normalized spacial score (nSPS) is 24.4. The second-order valence-corrected chi connectivity index (χ2v) is 9.83. The lowest BCUT2D eigenvalue weighted by Gasteiger charge is -2.37. The Kier molecular flexibility index (Phi) is 10.8. The molecule has 3 aliphatic rings. The fourth-order valence-corrected chi connectivity index (χ4v) is 5.42. The summed E-state index contributed by atoms with van der Waals surface area (Å²) in [6.45, 7) is 5.64. The number of hydrogen-bond donors (Lipinski definition) is 2. The number of fused-ring (bicyclic) bond motifs is 1. The molecular weight excluding hydrogens is 532 g/mol. The number of carboxylic acids is 2. The Balaban J connectivity index is 0.000000286. The highest BCUT2D eigenvalue weighted by Gasteiger charge is 2.43. The maximum absolute atomic E-state index is 12.6. The largest absolute Gasteiger partial charge is 0.490 e. The minimum atomic E-state index is -5.08. The number of likely N-dealkylation sites (N-methyl/N-ethyl adjacent to an activating group) is 1. The third-order valence-electron chi connectivity index (χ3n) is 6.58. The molecule has 210 valence electrons. The Hall–Kier alpha value is -2.39. The van der Waals surface area contributed by atoms with E-state index in [4.69, 9.17) is 19.8 Å². The highest BCUT2D eigenvalue weighted by atomic mass is 32.1. The zero-order valence-corrected chi connectivity index (χ0v) is 20.8. The first-order chi connectivity index (χ1) is 17.1. The van der Waals surface area contributed by atoms with Crippen molar-refractivity contribution in [1.82, 2.24) is 14.7 Å². The number of nitrogens with zero attached hydrogens (tertiary/aromatic N) is 3. The van der Waals surface area contributed by atoms with Gasteiger partial charge in [-0.3, -0.25) is 9.69 Å². The van der Waals surface area contributed by atoms with Crippen molar-refractivity contribution >= 4 is 29.2 Å². The van der Waals surface area contributed by atoms with Crippen molar-refractivity contribution < 1.29 is 50.9 Å². The van der Waals surface area contributed by atoms with Gasteiger partial charge >= 0.3 is 24.3 Å². The molecule has 15 heteroatoms. The quantitative estimate of drug-likeness (QED) is 0.544. The maximum Gasteiger partial charge on any atom is 0.490 e. The van der Waals surface area contributed by atoms with Gasteiger partial charge in [0.15, 0.2) is 0 Å². The Morgan fingerprint density at radius 2 is 1.54 bits per heavy atom. The number of carbonyl (C=O) groups excluding carboxylic acids is 1. The zero-order valence-electron chi connectivity index (χ0n) is 20.0. The molecule has 8 nitrogen and oxygen atoms in total. The topological polar surface area (TPSA) is 101 Å². The number of aliphatic carboxylic acids is 2. The molecule has 0 spiro atoms. The van der Waals surface area contributed by atoms with Gasteiger partial charge in [0, 0.05) is 37.1 Å². The number of hydrogen-bond acceptors (Lipinski definition) is 6. The van der Waals surface area contributed by atoms with Gasteiger partial charge in [0.25, 0.3) is 5.91 Å². The van der Waals surface area contributed by atoms with Crippen LogP contribution in [0.25, 0.3) is 0 Å². The lowest BCUT2D eigenvalue weighted by molar-refractivity contribution is -0.193. The van der Waals surface area contributed by atoms with Crippen LogP contribution in [0.2, 0.25) is 0 Å². The maximum atomic E-state index is 12.6. The standard InChI is InChI=1S/C18H27N3OS.2C2HF3O2/c1-19-16(12-20-6-2-3-7-20)10-15-11-21(8-4-17(15)19)18(22)14-5-9-23-13-14;2*3-2(4,5)1(6)7/h5,9,13,15-17H,2-4,6-8,10-12H2,1H3;2*(H,6,7)/t15-,16+,17+;;/m1../s1. The monoisotopic (exact) mass is 561 g/mol. The Morgan fingerprint density at radius 1 is 1.00 bits per heavy atom. The summed E-state index contributed by atoms with van der Waals surface area (Å²) in [5.74, 6) is -4.63. The summed E-state index contributed by atoms with van der Waals surface area (Å²) in [7, 11) is 2.31. The third-order valence-corrected chi connectivity index (χ3v) is 7.26. The first-order valence-electron chi connectivity index (χ1n) is 11.5. The van der Waals surface area contributed by atoms with Crippen LogP contribution in [-0.4, -0.2) is 107 Å². The van der Waals surface area contributed by atoms with E-state index in [0.717, 1.165) is 25.1 Å². The lowest BCUT2D eigenvalue weighted by atomic mass is 9.92. The van der Waals surface area contributed by atoms with E-state index in [-0.39, 0.29) is 5.91 Å². The molecule has 4 rings (SSSR count). The first-order valence-corrected chi connectivity index (χ1v) is 12.4. The van der Waals surface area contributed by atoms with Gasteiger partial charge in [-0.2, -0.15) is 37.7 Å². The van der Waals surface area contributed by atoms with Gasteiger partial charge in [0.1, 0.15) is 0 Å². The predicted octanol–water partition coefficient (Wildman–Crippen LogP) is 3.65. The van der Waals surface area contributed by atoms with E-state index in [1.54, 1.807) is 11.3 Å². The van der Waals surface area contributed by atoms with E-state index < -0.39 is 24.3 Å².